The topological polar surface area (TPSA) is 85.8 Å². The number of halogens is 1. The van der Waals surface area contributed by atoms with Gasteiger partial charge in [0.05, 0.1) is 11.3 Å². The molecule has 0 bridgehead atoms. The van der Waals surface area contributed by atoms with Crippen LogP contribution in [-0.4, -0.2) is 32.6 Å². The van der Waals surface area contributed by atoms with E-state index in [1.165, 1.54) is 41.8 Å². The lowest BCUT2D eigenvalue weighted by molar-refractivity contribution is -0.119. The van der Waals surface area contributed by atoms with E-state index in [0.717, 1.165) is 12.8 Å². The highest BCUT2D eigenvalue weighted by Gasteiger charge is 2.16. The number of carbonyl (C=O) groups is 1. The van der Waals surface area contributed by atoms with Gasteiger partial charge in [-0.1, -0.05) is 56.5 Å². The van der Waals surface area contributed by atoms with Crippen LogP contribution < -0.4 is 11.2 Å². The van der Waals surface area contributed by atoms with E-state index in [1.807, 2.05) is 6.92 Å². The summed E-state index contributed by atoms with van der Waals surface area (Å²) in [5.74, 6) is 5.88. The molecule has 26 heavy (non-hydrogen) atoms. The van der Waals surface area contributed by atoms with Crippen LogP contribution in [0.25, 0.3) is 11.4 Å². The van der Waals surface area contributed by atoms with Gasteiger partial charge in [0, 0.05) is 6.04 Å². The number of aromatic nitrogens is 3. The van der Waals surface area contributed by atoms with E-state index in [0.29, 0.717) is 5.16 Å². The summed E-state index contributed by atoms with van der Waals surface area (Å²) in [5.41, 5.74) is 0.277. The number of nitrogens with two attached hydrogens (primary N) is 1. The van der Waals surface area contributed by atoms with Crippen LogP contribution in [0.1, 0.15) is 46.0 Å². The molecule has 0 spiro atoms. The summed E-state index contributed by atoms with van der Waals surface area (Å²) in [6.45, 7) is 4.19. The Kier molecular flexibility index (Phi) is 7.90. The molecule has 8 heteroatoms. The molecule has 1 amide bonds. The zero-order chi connectivity index (χ0) is 18.9. The van der Waals surface area contributed by atoms with E-state index >= 15 is 0 Å². The van der Waals surface area contributed by atoms with Crippen LogP contribution in [0, 0.1) is 5.82 Å². The Morgan fingerprint density at radius 1 is 1.31 bits per heavy atom. The van der Waals surface area contributed by atoms with Crippen LogP contribution in [0.15, 0.2) is 29.4 Å². The number of nitrogen functional groups attached to an aromatic ring is 1. The zero-order valence-corrected chi connectivity index (χ0v) is 16.1. The summed E-state index contributed by atoms with van der Waals surface area (Å²) in [4.78, 5) is 12.1. The third-order valence-electron chi connectivity index (χ3n) is 4.01. The summed E-state index contributed by atoms with van der Waals surface area (Å²) < 4.78 is 15.1. The predicted molar refractivity (Wildman–Crippen MR) is 103 cm³/mol. The Morgan fingerprint density at radius 2 is 2.08 bits per heavy atom. The highest BCUT2D eigenvalue weighted by molar-refractivity contribution is 7.99. The molecule has 2 rings (SSSR count). The lowest BCUT2D eigenvalue weighted by Gasteiger charge is -2.13. The predicted octanol–water partition coefficient (Wildman–Crippen LogP) is 3.37. The smallest absolute Gasteiger partial charge is 0.230 e. The first kappa shape index (κ1) is 20.2. The summed E-state index contributed by atoms with van der Waals surface area (Å²) in [7, 11) is 0. The molecule has 3 N–H and O–H groups in total. The summed E-state index contributed by atoms with van der Waals surface area (Å²) in [6, 6.07) is 6.37. The number of unbranched alkanes of at least 4 members (excludes halogenated alkanes) is 3. The molecule has 1 heterocycles. The largest absolute Gasteiger partial charge is 0.353 e. The average Bonchev–Trinajstić information content (AvgIpc) is 2.98. The molecule has 1 aromatic carbocycles. The molecule has 1 atom stereocenters. The van der Waals surface area contributed by atoms with Gasteiger partial charge in [0.15, 0.2) is 5.82 Å². The maximum Gasteiger partial charge on any atom is 0.230 e. The van der Waals surface area contributed by atoms with Gasteiger partial charge in [-0.3, -0.25) is 4.79 Å². The van der Waals surface area contributed by atoms with Crippen LogP contribution in [0.2, 0.25) is 0 Å². The second-order valence-electron chi connectivity index (χ2n) is 6.26. The highest BCUT2D eigenvalue weighted by Crippen LogP contribution is 2.23. The molecular weight excluding hydrogens is 353 g/mol. The number of hydrogen-bond donors (Lipinski definition) is 2. The Morgan fingerprint density at radius 3 is 2.81 bits per heavy atom. The Hall–Kier alpha value is -2.09. The molecule has 0 unspecified atom stereocenters. The van der Waals surface area contributed by atoms with Crippen molar-refractivity contribution in [2.75, 3.05) is 11.6 Å². The van der Waals surface area contributed by atoms with Gasteiger partial charge in [-0.2, -0.15) is 0 Å². The molecule has 0 aliphatic rings. The fraction of sp³-hybridized carbons (Fsp3) is 0.500. The van der Waals surface area contributed by atoms with Crippen molar-refractivity contribution in [3.05, 3.63) is 30.1 Å². The van der Waals surface area contributed by atoms with Crippen molar-refractivity contribution in [2.24, 2.45) is 0 Å². The summed E-state index contributed by atoms with van der Waals surface area (Å²) in [6.07, 6.45) is 5.71. The minimum Gasteiger partial charge on any atom is -0.353 e. The minimum atomic E-state index is -0.419. The second kappa shape index (κ2) is 10.2. The van der Waals surface area contributed by atoms with Gasteiger partial charge >= 0.3 is 0 Å². The lowest BCUT2D eigenvalue weighted by atomic mass is 10.1. The van der Waals surface area contributed by atoms with Crippen LogP contribution >= 0.6 is 11.8 Å². The number of amides is 1. The third kappa shape index (κ3) is 5.72. The molecule has 0 fully saturated rings. The molecule has 142 valence electrons. The first-order valence-corrected chi connectivity index (χ1v) is 9.89. The number of rotatable bonds is 10. The number of carbonyl (C=O) groups excluding carboxylic acids is 1. The average molecular weight is 380 g/mol. The maximum absolute atomic E-state index is 13.9. The van der Waals surface area contributed by atoms with Gasteiger partial charge in [-0.15, -0.1) is 10.2 Å². The van der Waals surface area contributed by atoms with E-state index in [1.54, 1.807) is 18.2 Å². The molecule has 6 nitrogen and oxygen atoms in total. The zero-order valence-electron chi connectivity index (χ0n) is 15.2. The number of thioether (sulfide) groups is 1. The minimum absolute atomic E-state index is 0.0755. The second-order valence-corrected chi connectivity index (χ2v) is 7.21. The summed E-state index contributed by atoms with van der Waals surface area (Å²) >= 11 is 1.18. The fourth-order valence-electron chi connectivity index (χ4n) is 2.60. The molecular formula is C18H26FN5OS. The number of hydrogen-bond acceptors (Lipinski definition) is 5. The number of benzene rings is 1. The fourth-order valence-corrected chi connectivity index (χ4v) is 3.27. The molecule has 0 radical (unpaired) electrons. The van der Waals surface area contributed by atoms with Crippen LogP contribution in [0.3, 0.4) is 0 Å². The Bertz CT molecular complexity index is 721. The first-order valence-electron chi connectivity index (χ1n) is 8.90. The SMILES string of the molecule is CCCCCC[C@@H](C)NC(=O)CSc1nnc(-c2ccccc2F)n1N. The van der Waals surface area contributed by atoms with Gasteiger partial charge < -0.3 is 11.2 Å². The van der Waals surface area contributed by atoms with Crippen molar-refractivity contribution in [3.63, 3.8) is 0 Å². The number of nitrogens with one attached hydrogen (secondary N) is 1. The van der Waals surface area contributed by atoms with Crippen molar-refractivity contribution in [1.29, 1.82) is 0 Å². The highest BCUT2D eigenvalue weighted by atomic mass is 32.2. The third-order valence-corrected chi connectivity index (χ3v) is 4.95. The summed E-state index contributed by atoms with van der Waals surface area (Å²) in [5, 5.41) is 11.2. The molecule has 0 aliphatic carbocycles. The van der Waals surface area contributed by atoms with Crippen molar-refractivity contribution < 1.29 is 9.18 Å². The molecule has 0 saturated carbocycles. The van der Waals surface area contributed by atoms with Gasteiger partial charge in [0.2, 0.25) is 11.1 Å². The van der Waals surface area contributed by atoms with Gasteiger partial charge in [0.25, 0.3) is 0 Å². The van der Waals surface area contributed by atoms with E-state index in [4.69, 9.17) is 5.84 Å². The Labute approximate surface area is 157 Å². The van der Waals surface area contributed by atoms with Crippen molar-refractivity contribution in [1.82, 2.24) is 20.2 Å². The van der Waals surface area contributed by atoms with Gasteiger partial charge in [0.1, 0.15) is 5.82 Å². The quantitative estimate of drug-likeness (QED) is 0.375. The van der Waals surface area contributed by atoms with E-state index < -0.39 is 5.82 Å². The first-order chi connectivity index (χ1) is 12.5. The molecule has 1 aromatic heterocycles. The molecule has 0 aliphatic heterocycles. The maximum atomic E-state index is 13.9. The van der Waals surface area contributed by atoms with E-state index in [-0.39, 0.29) is 29.1 Å². The number of nitrogens with zero attached hydrogens (tertiary/aromatic N) is 3. The van der Waals surface area contributed by atoms with Crippen molar-refractivity contribution in [2.45, 2.75) is 57.1 Å². The van der Waals surface area contributed by atoms with Crippen LogP contribution in [0.5, 0.6) is 0 Å². The molecule has 2 aromatic rings. The Balaban J connectivity index is 1.84. The van der Waals surface area contributed by atoms with Crippen LogP contribution in [-0.2, 0) is 4.79 Å². The van der Waals surface area contributed by atoms with Crippen molar-refractivity contribution in [3.8, 4) is 11.4 Å². The van der Waals surface area contributed by atoms with Gasteiger partial charge in [-0.05, 0) is 25.5 Å². The standard InChI is InChI=1S/C18H26FN5OS/c1-3-4-5-6-9-13(2)21-16(25)12-26-18-23-22-17(24(18)20)14-10-7-8-11-15(14)19/h7-8,10-11,13H,3-6,9,12,20H2,1-2H3,(H,21,25)/t13-/m1/s1. The molecule has 0 saturated heterocycles. The van der Waals surface area contributed by atoms with Crippen LogP contribution in [0.4, 0.5) is 4.39 Å². The monoisotopic (exact) mass is 379 g/mol. The van der Waals surface area contributed by atoms with E-state index in [9.17, 15) is 9.18 Å². The lowest BCUT2D eigenvalue weighted by Crippen LogP contribution is -2.33. The van der Waals surface area contributed by atoms with Gasteiger partial charge in [-0.25, -0.2) is 9.07 Å². The van der Waals surface area contributed by atoms with Crippen molar-refractivity contribution >= 4 is 17.7 Å². The van der Waals surface area contributed by atoms with E-state index in [2.05, 4.69) is 22.4 Å². The normalized spacial score (nSPS) is 12.1.